The Labute approximate surface area is 91.2 Å². The van der Waals surface area contributed by atoms with Crippen molar-refractivity contribution in [2.75, 3.05) is 11.9 Å². The standard InChI is InChI=1S/C10H9N3OS/c1-13(8-2-4-11-5-3-8)10(14)9-6-15-7-12-9/h2-7H,1H3. The van der Waals surface area contributed by atoms with Gasteiger partial charge in [0.15, 0.2) is 0 Å². The lowest BCUT2D eigenvalue weighted by molar-refractivity contribution is 0.0989. The van der Waals surface area contributed by atoms with Crippen molar-refractivity contribution in [1.29, 1.82) is 0 Å². The minimum atomic E-state index is -0.109. The van der Waals surface area contributed by atoms with Crippen molar-refractivity contribution in [3.63, 3.8) is 0 Å². The predicted octanol–water partition coefficient (Wildman–Crippen LogP) is 1.81. The number of thiazole rings is 1. The summed E-state index contributed by atoms with van der Waals surface area (Å²) in [5.41, 5.74) is 2.93. The van der Waals surface area contributed by atoms with Gasteiger partial charge in [0.05, 0.1) is 5.51 Å². The van der Waals surface area contributed by atoms with Crippen LogP contribution in [0.25, 0.3) is 0 Å². The van der Waals surface area contributed by atoms with Crippen LogP contribution in [0.5, 0.6) is 0 Å². The second-order valence-electron chi connectivity index (χ2n) is 2.94. The van der Waals surface area contributed by atoms with Gasteiger partial charge in [0.1, 0.15) is 5.69 Å². The van der Waals surface area contributed by atoms with E-state index in [1.54, 1.807) is 47.4 Å². The van der Waals surface area contributed by atoms with Gasteiger partial charge in [-0.3, -0.25) is 9.78 Å². The quantitative estimate of drug-likeness (QED) is 0.774. The van der Waals surface area contributed by atoms with Gasteiger partial charge in [-0.2, -0.15) is 0 Å². The highest BCUT2D eigenvalue weighted by atomic mass is 32.1. The maximum atomic E-state index is 11.9. The van der Waals surface area contributed by atoms with E-state index in [9.17, 15) is 4.79 Å². The van der Waals surface area contributed by atoms with Crippen LogP contribution in [0.1, 0.15) is 10.5 Å². The highest BCUT2D eigenvalue weighted by molar-refractivity contribution is 7.07. The first-order valence-electron chi connectivity index (χ1n) is 4.35. The van der Waals surface area contributed by atoms with E-state index in [4.69, 9.17) is 0 Å². The van der Waals surface area contributed by atoms with Crippen LogP contribution in [0.2, 0.25) is 0 Å². The van der Waals surface area contributed by atoms with Crippen LogP contribution >= 0.6 is 11.3 Å². The fraction of sp³-hybridized carbons (Fsp3) is 0.100. The number of amides is 1. The van der Waals surface area contributed by atoms with E-state index in [0.717, 1.165) is 5.69 Å². The summed E-state index contributed by atoms with van der Waals surface area (Å²) in [7, 11) is 1.72. The molecule has 2 rings (SSSR count). The van der Waals surface area contributed by atoms with Crippen LogP contribution in [-0.2, 0) is 0 Å². The van der Waals surface area contributed by atoms with Crippen molar-refractivity contribution in [2.24, 2.45) is 0 Å². The molecule has 0 aliphatic heterocycles. The number of nitrogens with zero attached hydrogens (tertiary/aromatic N) is 3. The first-order valence-corrected chi connectivity index (χ1v) is 5.29. The Hall–Kier alpha value is -1.75. The summed E-state index contributed by atoms with van der Waals surface area (Å²) in [6, 6.07) is 3.56. The molecule has 5 heteroatoms. The van der Waals surface area contributed by atoms with Crippen LogP contribution < -0.4 is 4.90 Å². The first-order chi connectivity index (χ1) is 7.29. The topological polar surface area (TPSA) is 46.1 Å². The number of pyridine rings is 1. The third-order valence-corrected chi connectivity index (χ3v) is 2.59. The SMILES string of the molecule is CN(C(=O)c1cscn1)c1ccncc1. The highest BCUT2D eigenvalue weighted by Gasteiger charge is 2.14. The van der Waals surface area contributed by atoms with Crippen LogP contribution in [0.3, 0.4) is 0 Å². The van der Waals surface area contributed by atoms with Gasteiger partial charge in [-0.05, 0) is 12.1 Å². The van der Waals surface area contributed by atoms with Crippen molar-refractivity contribution >= 4 is 22.9 Å². The smallest absolute Gasteiger partial charge is 0.277 e. The Balaban J connectivity index is 2.23. The van der Waals surface area contributed by atoms with Crippen LogP contribution in [0.4, 0.5) is 5.69 Å². The lowest BCUT2D eigenvalue weighted by Gasteiger charge is -2.15. The monoisotopic (exact) mass is 219 g/mol. The molecule has 1 amide bonds. The van der Waals surface area contributed by atoms with Gasteiger partial charge in [-0.15, -0.1) is 11.3 Å². The molecule has 0 saturated heterocycles. The van der Waals surface area contributed by atoms with Gasteiger partial charge < -0.3 is 4.90 Å². The van der Waals surface area contributed by atoms with E-state index in [0.29, 0.717) is 5.69 Å². The van der Waals surface area contributed by atoms with Crippen molar-refractivity contribution < 1.29 is 4.79 Å². The average Bonchev–Trinajstić information content (AvgIpc) is 2.82. The molecular formula is C10H9N3OS. The van der Waals surface area contributed by atoms with Crippen LogP contribution in [0, 0.1) is 0 Å². The zero-order chi connectivity index (χ0) is 10.7. The normalized spacial score (nSPS) is 9.93. The maximum Gasteiger partial charge on any atom is 0.277 e. The van der Waals surface area contributed by atoms with E-state index >= 15 is 0 Å². The molecule has 15 heavy (non-hydrogen) atoms. The molecule has 0 N–H and O–H groups in total. The molecule has 0 radical (unpaired) electrons. The number of hydrogen-bond donors (Lipinski definition) is 0. The summed E-state index contributed by atoms with van der Waals surface area (Å²) in [5, 5.41) is 1.74. The Bertz CT molecular complexity index is 441. The van der Waals surface area contributed by atoms with Gasteiger partial charge in [0.2, 0.25) is 0 Å². The molecule has 2 heterocycles. The van der Waals surface area contributed by atoms with Gasteiger partial charge in [0.25, 0.3) is 5.91 Å². The fourth-order valence-corrected chi connectivity index (χ4v) is 1.70. The minimum Gasteiger partial charge on any atom is -0.310 e. The number of hydrogen-bond acceptors (Lipinski definition) is 4. The van der Waals surface area contributed by atoms with Crippen molar-refractivity contribution in [3.8, 4) is 0 Å². The molecule has 76 valence electrons. The molecule has 0 aromatic carbocycles. The molecule has 0 aliphatic carbocycles. The second kappa shape index (κ2) is 4.18. The molecule has 0 atom stereocenters. The fourth-order valence-electron chi connectivity index (χ4n) is 1.17. The lowest BCUT2D eigenvalue weighted by Crippen LogP contribution is -2.26. The molecule has 0 saturated carbocycles. The maximum absolute atomic E-state index is 11.9. The summed E-state index contributed by atoms with van der Waals surface area (Å²) in [5.74, 6) is -0.109. The van der Waals surface area contributed by atoms with Gasteiger partial charge >= 0.3 is 0 Å². The van der Waals surface area contributed by atoms with E-state index in [1.165, 1.54) is 11.3 Å². The van der Waals surface area contributed by atoms with E-state index < -0.39 is 0 Å². The van der Waals surface area contributed by atoms with Gasteiger partial charge in [-0.1, -0.05) is 0 Å². The summed E-state index contributed by atoms with van der Waals surface area (Å²) in [6.07, 6.45) is 3.31. The molecule has 0 aliphatic rings. The molecule has 0 bridgehead atoms. The Morgan fingerprint density at radius 2 is 2.13 bits per heavy atom. The number of anilines is 1. The lowest BCUT2D eigenvalue weighted by atomic mass is 10.3. The van der Waals surface area contributed by atoms with E-state index in [2.05, 4.69) is 9.97 Å². The zero-order valence-electron chi connectivity index (χ0n) is 8.12. The number of carbonyl (C=O) groups excluding carboxylic acids is 1. The predicted molar refractivity (Wildman–Crippen MR) is 59.1 cm³/mol. The largest absolute Gasteiger partial charge is 0.310 e. The molecule has 4 nitrogen and oxygen atoms in total. The number of aromatic nitrogens is 2. The zero-order valence-corrected chi connectivity index (χ0v) is 8.94. The third-order valence-electron chi connectivity index (χ3n) is 2.01. The van der Waals surface area contributed by atoms with Crippen molar-refractivity contribution in [2.45, 2.75) is 0 Å². The molecule has 2 aromatic heterocycles. The van der Waals surface area contributed by atoms with Crippen molar-refractivity contribution in [1.82, 2.24) is 9.97 Å². The third kappa shape index (κ3) is 2.02. The highest BCUT2D eigenvalue weighted by Crippen LogP contribution is 2.13. The second-order valence-corrected chi connectivity index (χ2v) is 3.66. The molecule has 2 aromatic rings. The summed E-state index contributed by atoms with van der Waals surface area (Å²) >= 11 is 1.41. The molecule has 0 fully saturated rings. The van der Waals surface area contributed by atoms with Crippen LogP contribution in [0.15, 0.2) is 35.4 Å². The van der Waals surface area contributed by atoms with Crippen molar-refractivity contribution in [3.05, 3.63) is 41.1 Å². The number of carbonyl (C=O) groups is 1. The van der Waals surface area contributed by atoms with E-state index in [-0.39, 0.29) is 5.91 Å². The molecule has 0 unspecified atom stereocenters. The Morgan fingerprint density at radius 3 is 2.73 bits per heavy atom. The summed E-state index contributed by atoms with van der Waals surface area (Å²) in [4.78, 5) is 21.3. The summed E-state index contributed by atoms with van der Waals surface area (Å²) in [6.45, 7) is 0. The Morgan fingerprint density at radius 1 is 1.40 bits per heavy atom. The van der Waals surface area contributed by atoms with Crippen LogP contribution in [-0.4, -0.2) is 22.9 Å². The van der Waals surface area contributed by atoms with Gasteiger partial charge in [0, 0.05) is 30.5 Å². The van der Waals surface area contributed by atoms with E-state index in [1.807, 2.05) is 0 Å². The molecular weight excluding hydrogens is 210 g/mol. The number of rotatable bonds is 2. The summed E-state index contributed by atoms with van der Waals surface area (Å²) < 4.78 is 0. The average molecular weight is 219 g/mol. The Kier molecular flexibility index (Phi) is 2.73. The first kappa shape index (κ1) is 9.79. The minimum absolute atomic E-state index is 0.109. The van der Waals surface area contributed by atoms with Gasteiger partial charge in [-0.25, -0.2) is 4.98 Å². The molecule has 0 spiro atoms.